The molecule has 0 spiro atoms. The van der Waals surface area contributed by atoms with Crippen LogP contribution in [0, 0.1) is 5.92 Å². The maximum atomic E-state index is 12.6. The summed E-state index contributed by atoms with van der Waals surface area (Å²) in [6.45, 7) is 1.86. The van der Waals surface area contributed by atoms with Gasteiger partial charge in [-0.15, -0.1) is 0 Å². The highest BCUT2D eigenvalue weighted by atomic mass is 19.4. The van der Waals surface area contributed by atoms with Crippen molar-refractivity contribution < 1.29 is 22.8 Å². The molecule has 1 atom stereocenters. The highest BCUT2D eigenvalue weighted by Gasteiger charge is 2.41. The van der Waals surface area contributed by atoms with Gasteiger partial charge in [-0.2, -0.15) is 13.2 Å². The van der Waals surface area contributed by atoms with Crippen LogP contribution in [0.15, 0.2) is 18.2 Å². The molecule has 0 saturated carbocycles. The Morgan fingerprint density at radius 3 is 2.68 bits per heavy atom. The number of halogens is 3. The molecule has 2 fully saturated rings. The SMILES string of the molecule is CN1CC(N2CC(C(=O)NCc3cccc(C(F)(F)F)n3)CC2=O)C1. The van der Waals surface area contributed by atoms with E-state index in [1.165, 1.54) is 12.1 Å². The molecule has 25 heavy (non-hydrogen) atoms. The molecule has 0 bridgehead atoms. The van der Waals surface area contributed by atoms with Crippen LogP contribution in [0.25, 0.3) is 0 Å². The Bertz CT molecular complexity index is 674. The van der Waals surface area contributed by atoms with E-state index >= 15 is 0 Å². The van der Waals surface area contributed by atoms with Crippen LogP contribution in [0.3, 0.4) is 0 Å². The van der Waals surface area contributed by atoms with Gasteiger partial charge in [-0.3, -0.25) is 9.59 Å². The average Bonchev–Trinajstić information content (AvgIpc) is 2.90. The van der Waals surface area contributed by atoms with Gasteiger partial charge in [0.2, 0.25) is 11.8 Å². The van der Waals surface area contributed by atoms with E-state index in [1.54, 1.807) is 4.90 Å². The zero-order chi connectivity index (χ0) is 18.2. The van der Waals surface area contributed by atoms with Gasteiger partial charge in [0.05, 0.1) is 24.2 Å². The van der Waals surface area contributed by atoms with Crippen molar-refractivity contribution in [3.63, 3.8) is 0 Å². The second kappa shape index (κ2) is 6.62. The Labute approximate surface area is 143 Å². The van der Waals surface area contributed by atoms with E-state index in [0.717, 1.165) is 19.2 Å². The third-order valence-corrected chi connectivity index (χ3v) is 4.56. The van der Waals surface area contributed by atoms with Gasteiger partial charge in [0.15, 0.2) is 0 Å². The lowest BCUT2D eigenvalue weighted by atomic mass is 10.1. The molecule has 2 aliphatic heterocycles. The van der Waals surface area contributed by atoms with Crippen LogP contribution in [-0.2, 0) is 22.3 Å². The van der Waals surface area contributed by atoms with Crippen LogP contribution in [0.5, 0.6) is 0 Å². The number of pyridine rings is 1. The number of rotatable bonds is 4. The summed E-state index contributed by atoms with van der Waals surface area (Å²) in [5, 5.41) is 2.59. The number of nitrogens with one attached hydrogen (secondary N) is 1. The van der Waals surface area contributed by atoms with E-state index < -0.39 is 17.8 Å². The number of carbonyl (C=O) groups excluding carboxylic acids is 2. The minimum Gasteiger partial charge on any atom is -0.350 e. The number of aromatic nitrogens is 1. The van der Waals surface area contributed by atoms with Crippen LogP contribution in [-0.4, -0.2) is 59.3 Å². The van der Waals surface area contributed by atoms with E-state index in [4.69, 9.17) is 0 Å². The number of alkyl halides is 3. The second-order valence-corrected chi connectivity index (χ2v) is 6.55. The van der Waals surface area contributed by atoms with Crippen LogP contribution < -0.4 is 5.32 Å². The number of amides is 2. The van der Waals surface area contributed by atoms with Crippen LogP contribution >= 0.6 is 0 Å². The molecule has 6 nitrogen and oxygen atoms in total. The minimum absolute atomic E-state index is 0.0459. The van der Waals surface area contributed by atoms with Crippen molar-refractivity contribution in [1.82, 2.24) is 20.1 Å². The standard InChI is InChI=1S/C16H19F3N4O2/c1-22-8-12(9-22)23-7-10(5-14(23)24)15(25)20-6-11-3-2-4-13(21-11)16(17,18)19/h2-4,10,12H,5-9H2,1H3,(H,20,25). The number of likely N-dealkylation sites (tertiary alicyclic amines) is 2. The molecule has 1 unspecified atom stereocenters. The molecule has 9 heteroatoms. The van der Waals surface area contributed by atoms with Gasteiger partial charge in [0.25, 0.3) is 0 Å². The average molecular weight is 356 g/mol. The van der Waals surface area contributed by atoms with Crippen LogP contribution in [0.2, 0.25) is 0 Å². The van der Waals surface area contributed by atoms with E-state index in [9.17, 15) is 22.8 Å². The van der Waals surface area contributed by atoms with Crippen molar-refractivity contribution in [3.05, 3.63) is 29.6 Å². The third kappa shape index (κ3) is 3.92. The predicted molar refractivity (Wildman–Crippen MR) is 82.2 cm³/mol. The fraction of sp³-hybridized carbons (Fsp3) is 0.562. The molecule has 136 valence electrons. The minimum atomic E-state index is -4.52. The Kier molecular flexibility index (Phi) is 4.68. The molecule has 3 heterocycles. The first kappa shape index (κ1) is 17.7. The normalized spacial score (nSPS) is 22.2. The summed E-state index contributed by atoms with van der Waals surface area (Å²) >= 11 is 0. The van der Waals surface area contributed by atoms with Gasteiger partial charge in [-0.25, -0.2) is 4.98 Å². The topological polar surface area (TPSA) is 65.5 Å². The predicted octanol–water partition coefficient (Wildman–Crippen LogP) is 0.879. The Balaban J connectivity index is 1.54. The van der Waals surface area contributed by atoms with Gasteiger partial charge in [0.1, 0.15) is 5.69 Å². The second-order valence-electron chi connectivity index (χ2n) is 6.55. The number of hydrogen-bond donors (Lipinski definition) is 1. The molecule has 1 N–H and O–H groups in total. The van der Waals surface area contributed by atoms with Gasteiger partial charge >= 0.3 is 6.18 Å². The molecule has 1 aromatic rings. The van der Waals surface area contributed by atoms with Crippen molar-refractivity contribution in [2.45, 2.75) is 25.2 Å². The van der Waals surface area contributed by atoms with E-state index in [2.05, 4.69) is 15.2 Å². The summed E-state index contributed by atoms with van der Waals surface area (Å²) < 4.78 is 37.9. The Hall–Kier alpha value is -2.16. The molecule has 2 amide bonds. The van der Waals surface area contributed by atoms with Crippen molar-refractivity contribution in [2.75, 3.05) is 26.7 Å². The van der Waals surface area contributed by atoms with Gasteiger partial charge < -0.3 is 15.1 Å². The summed E-state index contributed by atoms with van der Waals surface area (Å²) in [5.41, 5.74) is -0.861. The van der Waals surface area contributed by atoms with Gasteiger partial charge in [-0.05, 0) is 19.2 Å². The maximum absolute atomic E-state index is 12.6. The largest absolute Gasteiger partial charge is 0.433 e. The first-order valence-corrected chi connectivity index (χ1v) is 8.03. The van der Waals surface area contributed by atoms with Gasteiger partial charge in [0, 0.05) is 26.1 Å². The molecule has 0 aromatic carbocycles. The molecular weight excluding hydrogens is 337 g/mol. The lowest BCUT2D eigenvalue weighted by Crippen LogP contribution is -2.58. The van der Waals surface area contributed by atoms with Crippen molar-refractivity contribution in [1.29, 1.82) is 0 Å². The van der Waals surface area contributed by atoms with Crippen molar-refractivity contribution in [2.24, 2.45) is 5.92 Å². The maximum Gasteiger partial charge on any atom is 0.433 e. The summed E-state index contributed by atoms with van der Waals surface area (Å²) in [6.07, 6.45) is -4.38. The van der Waals surface area contributed by atoms with Gasteiger partial charge in [-0.1, -0.05) is 6.07 Å². The van der Waals surface area contributed by atoms with E-state index in [-0.39, 0.29) is 36.5 Å². The molecule has 2 aliphatic rings. The van der Waals surface area contributed by atoms with Crippen LogP contribution in [0.4, 0.5) is 13.2 Å². The first-order chi connectivity index (χ1) is 11.7. The molecule has 3 rings (SSSR count). The zero-order valence-corrected chi connectivity index (χ0v) is 13.7. The highest BCUT2D eigenvalue weighted by Crippen LogP contribution is 2.27. The van der Waals surface area contributed by atoms with Crippen LogP contribution in [0.1, 0.15) is 17.8 Å². The fourth-order valence-electron chi connectivity index (χ4n) is 3.18. The summed E-state index contributed by atoms with van der Waals surface area (Å²) in [4.78, 5) is 31.6. The zero-order valence-electron chi connectivity index (χ0n) is 13.7. The Morgan fingerprint density at radius 1 is 1.32 bits per heavy atom. The Morgan fingerprint density at radius 2 is 2.04 bits per heavy atom. The molecular formula is C16H19F3N4O2. The molecule has 0 radical (unpaired) electrons. The number of carbonyl (C=O) groups is 2. The highest BCUT2D eigenvalue weighted by molar-refractivity contribution is 5.89. The molecule has 0 aliphatic carbocycles. The fourth-order valence-corrected chi connectivity index (χ4v) is 3.18. The van der Waals surface area contributed by atoms with E-state index in [0.29, 0.717) is 6.54 Å². The monoisotopic (exact) mass is 356 g/mol. The number of hydrogen-bond acceptors (Lipinski definition) is 4. The summed E-state index contributed by atoms with van der Waals surface area (Å²) in [7, 11) is 1.96. The lowest BCUT2D eigenvalue weighted by Gasteiger charge is -2.42. The quantitative estimate of drug-likeness (QED) is 0.870. The summed E-state index contributed by atoms with van der Waals surface area (Å²) in [6, 6.07) is 3.71. The molecule has 1 aromatic heterocycles. The third-order valence-electron chi connectivity index (χ3n) is 4.56. The molecule has 2 saturated heterocycles. The van der Waals surface area contributed by atoms with Crippen molar-refractivity contribution >= 4 is 11.8 Å². The lowest BCUT2D eigenvalue weighted by molar-refractivity contribution is -0.141. The number of nitrogens with zero attached hydrogens (tertiary/aromatic N) is 3. The summed E-state index contributed by atoms with van der Waals surface area (Å²) in [5.74, 6) is -0.845. The number of likely N-dealkylation sites (N-methyl/N-ethyl adjacent to an activating group) is 1. The smallest absolute Gasteiger partial charge is 0.350 e. The van der Waals surface area contributed by atoms with E-state index in [1.807, 2.05) is 7.05 Å². The first-order valence-electron chi connectivity index (χ1n) is 8.03. The van der Waals surface area contributed by atoms with Crippen molar-refractivity contribution in [3.8, 4) is 0 Å².